The smallest absolute Gasteiger partial charge is 0.336 e. The molecule has 1 atom stereocenters. The molecule has 0 radical (unpaired) electrons. The highest BCUT2D eigenvalue weighted by Gasteiger charge is 2.24. The van der Waals surface area contributed by atoms with E-state index in [2.05, 4.69) is 4.72 Å². The van der Waals surface area contributed by atoms with E-state index in [-0.39, 0.29) is 10.6 Å². The first-order chi connectivity index (χ1) is 16.2. The van der Waals surface area contributed by atoms with Crippen LogP contribution < -0.4 is 15.1 Å². The summed E-state index contributed by atoms with van der Waals surface area (Å²) >= 11 is 0. The third-order valence-corrected chi connectivity index (χ3v) is 6.98. The Balaban J connectivity index is 1.61. The van der Waals surface area contributed by atoms with Gasteiger partial charge >= 0.3 is 11.6 Å². The van der Waals surface area contributed by atoms with Crippen molar-refractivity contribution < 1.29 is 22.4 Å². The lowest BCUT2D eigenvalue weighted by Crippen LogP contribution is -2.40. The summed E-state index contributed by atoms with van der Waals surface area (Å²) < 4.78 is 38.4. The molecule has 174 valence electrons. The second-order valence-corrected chi connectivity index (χ2v) is 9.70. The van der Waals surface area contributed by atoms with E-state index in [4.69, 9.17) is 9.15 Å². The fourth-order valence-corrected chi connectivity index (χ4v) is 4.77. The molecule has 1 heterocycles. The Bertz CT molecular complexity index is 1520. The molecule has 7 nitrogen and oxygen atoms in total. The van der Waals surface area contributed by atoms with Gasteiger partial charge in [-0.2, -0.15) is 4.72 Å². The highest BCUT2D eigenvalue weighted by Crippen LogP contribution is 2.33. The van der Waals surface area contributed by atoms with Crippen LogP contribution in [0.1, 0.15) is 18.1 Å². The number of carbonyl (C=O) groups is 1. The molecule has 0 amide bonds. The number of ether oxygens (including phenoxy) is 1. The zero-order chi connectivity index (χ0) is 24.5. The van der Waals surface area contributed by atoms with Gasteiger partial charge in [0.05, 0.1) is 4.90 Å². The molecule has 4 rings (SSSR count). The topological polar surface area (TPSA) is 103 Å². The minimum atomic E-state index is -3.91. The average Bonchev–Trinajstić information content (AvgIpc) is 2.81. The van der Waals surface area contributed by atoms with Crippen LogP contribution in [0.25, 0.3) is 22.1 Å². The zero-order valence-electron chi connectivity index (χ0n) is 18.9. The summed E-state index contributed by atoms with van der Waals surface area (Å²) in [6, 6.07) is 19.3. The van der Waals surface area contributed by atoms with E-state index in [0.717, 1.165) is 11.1 Å². The fraction of sp³-hybridized carbons (Fsp3) is 0.154. The van der Waals surface area contributed by atoms with Crippen LogP contribution in [0.5, 0.6) is 5.75 Å². The Labute approximate surface area is 197 Å². The van der Waals surface area contributed by atoms with E-state index < -0.39 is 27.7 Å². The van der Waals surface area contributed by atoms with Gasteiger partial charge in [0.2, 0.25) is 10.0 Å². The number of carbonyl (C=O) groups excluding carboxylic acids is 1. The first-order valence-electron chi connectivity index (χ1n) is 10.6. The highest BCUT2D eigenvalue weighted by molar-refractivity contribution is 7.89. The minimum Gasteiger partial charge on any atom is -0.425 e. The molecule has 0 aliphatic rings. The van der Waals surface area contributed by atoms with Gasteiger partial charge in [-0.05, 0) is 56.2 Å². The zero-order valence-corrected chi connectivity index (χ0v) is 19.7. The van der Waals surface area contributed by atoms with Gasteiger partial charge in [-0.3, -0.25) is 0 Å². The number of hydrogen-bond acceptors (Lipinski definition) is 6. The maximum Gasteiger partial charge on any atom is 0.336 e. The summed E-state index contributed by atoms with van der Waals surface area (Å²) in [5.41, 5.74) is 2.69. The Kier molecular flexibility index (Phi) is 6.37. The van der Waals surface area contributed by atoms with E-state index in [1.54, 1.807) is 31.2 Å². The Morgan fingerprint density at radius 2 is 1.65 bits per heavy atom. The predicted molar refractivity (Wildman–Crippen MR) is 129 cm³/mol. The van der Waals surface area contributed by atoms with Crippen molar-refractivity contribution in [1.82, 2.24) is 4.72 Å². The summed E-state index contributed by atoms with van der Waals surface area (Å²) in [5.74, 6) is -0.619. The second-order valence-electron chi connectivity index (χ2n) is 7.99. The molecular weight excluding hydrogens is 454 g/mol. The van der Waals surface area contributed by atoms with Crippen LogP contribution in [-0.4, -0.2) is 20.4 Å². The van der Waals surface area contributed by atoms with E-state index in [1.807, 2.05) is 37.3 Å². The molecule has 1 N–H and O–H groups in total. The summed E-state index contributed by atoms with van der Waals surface area (Å²) in [7, 11) is -3.91. The van der Waals surface area contributed by atoms with Crippen molar-refractivity contribution in [2.24, 2.45) is 0 Å². The third kappa shape index (κ3) is 4.78. The van der Waals surface area contributed by atoms with Crippen LogP contribution in [0.3, 0.4) is 0 Å². The summed E-state index contributed by atoms with van der Waals surface area (Å²) in [6.07, 6.45) is 0. The van der Waals surface area contributed by atoms with Crippen LogP contribution in [0, 0.1) is 13.8 Å². The van der Waals surface area contributed by atoms with Gasteiger partial charge in [-0.15, -0.1) is 0 Å². The van der Waals surface area contributed by atoms with Crippen LogP contribution in [0.4, 0.5) is 0 Å². The van der Waals surface area contributed by atoms with Gasteiger partial charge in [0.1, 0.15) is 17.4 Å². The molecule has 4 aromatic rings. The molecular formula is C26H23NO6S. The van der Waals surface area contributed by atoms with E-state index in [9.17, 15) is 18.0 Å². The van der Waals surface area contributed by atoms with Gasteiger partial charge in [0.15, 0.2) is 0 Å². The van der Waals surface area contributed by atoms with Crippen molar-refractivity contribution in [1.29, 1.82) is 0 Å². The standard InChI is InChI=1S/C26H23NO6S/c1-16-9-11-20(12-10-16)34(30,31)27-18(3)26(29)32-23-14-13-21-22(19-7-5-4-6-8-19)15-24(28)33-25(21)17(23)2/h4-15,18,27H,1-3H3. The molecule has 0 aliphatic heterocycles. The summed E-state index contributed by atoms with van der Waals surface area (Å²) in [4.78, 5) is 25.0. The lowest BCUT2D eigenvalue weighted by atomic mass is 10.0. The third-order valence-electron chi connectivity index (χ3n) is 5.42. The molecule has 3 aromatic carbocycles. The quantitative estimate of drug-likeness (QED) is 0.252. The molecule has 0 fully saturated rings. The predicted octanol–water partition coefficient (Wildman–Crippen LogP) is 4.35. The van der Waals surface area contributed by atoms with Crippen LogP contribution in [0.2, 0.25) is 0 Å². The van der Waals surface area contributed by atoms with Crippen LogP contribution in [-0.2, 0) is 14.8 Å². The molecule has 0 saturated heterocycles. The SMILES string of the molecule is Cc1ccc(S(=O)(=O)NC(C)C(=O)Oc2ccc3c(-c4ccccc4)cc(=O)oc3c2C)cc1. The van der Waals surface area contributed by atoms with Gasteiger partial charge in [-0.1, -0.05) is 48.0 Å². The molecule has 1 unspecified atom stereocenters. The number of aryl methyl sites for hydroxylation is 2. The number of esters is 1. The van der Waals surface area contributed by atoms with E-state index >= 15 is 0 Å². The number of fused-ring (bicyclic) bond motifs is 1. The Hall–Kier alpha value is -3.75. The molecule has 8 heteroatoms. The van der Waals surface area contributed by atoms with Gasteiger partial charge < -0.3 is 9.15 Å². The lowest BCUT2D eigenvalue weighted by Gasteiger charge is -2.15. The number of benzene rings is 3. The Morgan fingerprint density at radius 3 is 2.32 bits per heavy atom. The molecule has 1 aromatic heterocycles. The maximum atomic E-state index is 12.7. The Morgan fingerprint density at radius 1 is 0.971 bits per heavy atom. The van der Waals surface area contributed by atoms with Crippen molar-refractivity contribution in [3.63, 3.8) is 0 Å². The van der Waals surface area contributed by atoms with Gasteiger partial charge in [0.25, 0.3) is 0 Å². The summed E-state index contributed by atoms with van der Waals surface area (Å²) in [5, 5.41) is 0.691. The molecule has 0 spiro atoms. The molecule has 34 heavy (non-hydrogen) atoms. The lowest BCUT2D eigenvalue weighted by molar-refractivity contribution is -0.135. The average molecular weight is 478 g/mol. The first kappa shape index (κ1) is 23.4. The summed E-state index contributed by atoms with van der Waals surface area (Å²) in [6.45, 7) is 4.92. The van der Waals surface area contributed by atoms with Crippen molar-refractivity contribution >= 4 is 27.0 Å². The van der Waals surface area contributed by atoms with Crippen molar-refractivity contribution in [3.8, 4) is 16.9 Å². The first-order valence-corrected chi connectivity index (χ1v) is 12.1. The normalized spacial score (nSPS) is 12.4. The number of hydrogen-bond donors (Lipinski definition) is 1. The fourth-order valence-electron chi connectivity index (χ4n) is 3.57. The van der Waals surface area contributed by atoms with E-state index in [1.165, 1.54) is 25.1 Å². The molecule has 0 bridgehead atoms. The van der Waals surface area contributed by atoms with Crippen molar-refractivity contribution in [3.05, 3.63) is 94.3 Å². The van der Waals surface area contributed by atoms with E-state index in [0.29, 0.717) is 22.1 Å². The minimum absolute atomic E-state index is 0.0508. The number of sulfonamides is 1. The van der Waals surface area contributed by atoms with Crippen molar-refractivity contribution in [2.45, 2.75) is 31.7 Å². The maximum absolute atomic E-state index is 12.7. The second kappa shape index (κ2) is 9.24. The van der Waals surface area contributed by atoms with Gasteiger partial charge in [-0.25, -0.2) is 18.0 Å². The monoisotopic (exact) mass is 477 g/mol. The number of rotatable bonds is 6. The molecule has 0 saturated carbocycles. The van der Waals surface area contributed by atoms with Gasteiger partial charge in [0, 0.05) is 17.0 Å². The highest BCUT2D eigenvalue weighted by atomic mass is 32.2. The van der Waals surface area contributed by atoms with Crippen molar-refractivity contribution in [2.75, 3.05) is 0 Å². The largest absolute Gasteiger partial charge is 0.425 e. The van der Waals surface area contributed by atoms with Crippen LogP contribution >= 0.6 is 0 Å². The number of nitrogens with one attached hydrogen (secondary N) is 1. The molecule has 0 aliphatic carbocycles. The van der Waals surface area contributed by atoms with Crippen LogP contribution in [0.15, 0.2) is 86.9 Å².